The Bertz CT molecular complexity index is 163. The van der Waals surface area contributed by atoms with E-state index >= 15 is 0 Å². The van der Waals surface area contributed by atoms with Crippen LogP contribution in [-0.4, -0.2) is 12.8 Å². The minimum absolute atomic E-state index is 0.281. The van der Waals surface area contributed by atoms with E-state index < -0.39 is 0 Å². The standard InChI is InChI=1S/C9H13NO/c1-2-7-11-10-8-9-5-3-4-6-9/h1,8-9H,3-7H2. The quantitative estimate of drug-likeness (QED) is 0.261. The Labute approximate surface area is 67.6 Å². The minimum Gasteiger partial charge on any atom is -0.383 e. The summed E-state index contributed by atoms with van der Waals surface area (Å²) in [6.07, 6.45) is 12.0. The highest BCUT2D eigenvalue weighted by Gasteiger charge is 2.11. The van der Waals surface area contributed by atoms with Crippen molar-refractivity contribution in [3.8, 4) is 12.3 Å². The van der Waals surface area contributed by atoms with Gasteiger partial charge in [0.2, 0.25) is 0 Å². The summed E-state index contributed by atoms with van der Waals surface area (Å²) in [6.45, 7) is 0.281. The molecule has 2 heteroatoms. The molecule has 0 amide bonds. The largest absolute Gasteiger partial charge is 0.383 e. The fourth-order valence-electron chi connectivity index (χ4n) is 1.31. The molecular weight excluding hydrogens is 138 g/mol. The second kappa shape index (κ2) is 4.79. The maximum Gasteiger partial charge on any atom is 0.177 e. The Morgan fingerprint density at radius 1 is 1.55 bits per heavy atom. The maximum atomic E-state index is 4.97. The van der Waals surface area contributed by atoms with Crippen molar-refractivity contribution < 1.29 is 4.84 Å². The van der Waals surface area contributed by atoms with Crippen LogP contribution in [-0.2, 0) is 4.84 Å². The molecule has 0 unspecified atom stereocenters. The monoisotopic (exact) mass is 151 g/mol. The van der Waals surface area contributed by atoms with E-state index in [9.17, 15) is 0 Å². The van der Waals surface area contributed by atoms with Crippen LogP contribution in [0.2, 0.25) is 0 Å². The Morgan fingerprint density at radius 2 is 2.27 bits per heavy atom. The average molecular weight is 151 g/mol. The van der Waals surface area contributed by atoms with Crippen LogP contribution in [0.1, 0.15) is 25.7 Å². The molecule has 1 fully saturated rings. The van der Waals surface area contributed by atoms with Crippen LogP contribution in [0, 0.1) is 18.3 Å². The van der Waals surface area contributed by atoms with E-state index in [1.54, 1.807) is 0 Å². The van der Waals surface area contributed by atoms with Crippen molar-refractivity contribution in [1.29, 1.82) is 0 Å². The van der Waals surface area contributed by atoms with Gasteiger partial charge in [0.1, 0.15) is 0 Å². The van der Waals surface area contributed by atoms with Gasteiger partial charge in [0, 0.05) is 6.21 Å². The van der Waals surface area contributed by atoms with E-state index in [1.165, 1.54) is 25.7 Å². The number of oxime groups is 1. The van der Waals surface area contributed by atoms with Crippen molar-refractivity contribution in [2.45, 2.75) is 25.7 Å². The summed E-state index contributed by atoms with van der Waals surface area (Å²) < 4.78 is 0. The lowest BCUT2D eigenvalue weighted by Crippen LogP contribution is -1.94. The lowest BCUT2D eigenvalue weighted by atomic mass is 10.1. The molecule has 11 heavy (non-hydrogen) atoms. The van der Waals surface area contributed by atoms with Gasteiger partial charge in [-0.25, -0.2) is 0 Å². The molecule has 1 rings (SSSR count). The molecule has 0 bridgehead atoms. The van der Waals surface area contributed by atoms with Gasteiger partial charge in [0.25, 0.3) is 0 Å². The van der Waals surface area contributed by atoms with Gasteiger partial charge in [-0.1, -0.05) is 23.9 Å². The molecule has 0 aromatic carbocycles. The van der Waals surface area contributed by atoms with Gasteiger partial charge in [-0.05, 0) is 18.8 Å². The molecule has 1 aliphatic rings. The lowest BCUT2D eigenvalue weighted by molar-refractivity contribution is 0.180. The van der Waals surface area contributed by atoms with E-state index in [1.807, 2.05) is 6.21 Å². The van der Waals surface area contributed by atoms with Gasteiger partial charge >= 0.3 is 0 Å². The third kappa shape index (κ3) is 3.08. The zero-order valence-corrected chi connectivity index (χ0v) is 6.62. The first-order chi connectivity index (χ1) is 5.43. The van der Waals surface area contributed by atoms with E-state index in [4.69, 9.17) is 11.3 Å². The number of hydrogen-bond donors (Lipinski definition) is 0. The number of rotatable bonds is 3. The van der Waals surface area contributed by atoms with Crippen LogP contribution in [0.5, 0.6) is 0 Å². The highest BCUT2D eigenvalue weighted by atomic mass is 16.6. The molecular formula is C9H13NO. The average Bonchev–Trinajstić information content (AvgIpc) is 2.50. The van der Waals surface area contributed by atoms with Gasteiger partial charge < -0.3 is 4.84 Å². The number of nitrogens with zero attached hydrogens (tertiary/aromatic N) is 1. The molecule has 2 nitrogen and oxygen atoms in total. The molecule has 1 saturated carbocycles. The van der Waals surface area contributed by atoms with Crippen LogP contribution in [0.3, 0.4) is 0 Å². The highest BCUT2D eigenvalue weighted by Crippen LogP contribution is 2.22. The zero-order chi connectivity index (χ0) is 7.94. The zero-order valence-electron chi connectivity index (χ0n) is 6.62. The van der Waals surface area contributed by atoms with Crippen molar-refractivity contribution in [2.75, 3.05) is 6.61 Å². The van der Waals surface area contributed by atoms with Crippen molar-refractivity contribution in [1.82, 2.24) is 0 Å². The molecule has 0 heterocycles. The molecule has 0 N–H and O–H groups in total. The van der Waals surface area contributed by atoms with Crippen LogP contribution in [0.4, 0.5) is 0 Å². The highest BCUT2D eigenvalue weighted by molar-refractivity contribution is 5.60. The SMILES string of the molecule is C#CCON=CC1CCCC1. The summed E-state index contributed by atoms with van der Waals surface area (Å²) in [5, 5.41) is 3.78. The van der Waals surface area contributed by atoms with Crippen LogP contribution in [0.15, 0.2) is 5.16 Å². The second-order valence-corrected chi connectivity index (χ2v) is 2.78. The first kappa shape index (κ1) is 8.13. The molecule has 0 saturated heterocycles. The molecule has 60 valence electrons. The molecule has 0 aromatic rings. The van der Waals surface area contributed by atoms with Crippen molar-refractivity contribution in [2.24, 2.45) is 11.1 Å². The Morgan fingerprint density at radius 3 is 2.91 bits per heavy atom. The lowest BCUT2D eigenvalue weighted by Gasteiger charge is -1.97. The number of terminal acetylenes is 1. The maximum absolute atomic E-state index is 4.97. The van der Waals surface area contributed by atoms with Gasteiger partial charge in [-0.3, -0.25) is 0 Å². The first-order valence-corrected chi connectivity index (χ1v) is 4.02. The summed E-state index contributed by atoms with van der Waals surface area (Å²) in [4.78, 5) is 4.78. The summed E-state index contributed by atoms with van der Waals surface area (Å²) in [7, 11) is 0. The van der Waals surface area contributed by atoms with Crippen LogP contribution in [0.25, 0.3) is 0 Å². The third-order valence-electron chi connectivity index (χ3n) is 1.89. The Balaban J connectivity index is 2.09. The topological polar surface area (TPSA) is 21.6 Å². The molecule has 0 radical (unpaired) electrons. The molecule has 0 spiro atoms. The summed E-state index contributed by atoms with van der Waals surface area (Å²) in [5.74, 6) is 2.99. The van der Waals surface area contributed by atoms with Crippen molar-refractivity contribution >= 4 is 6.21 Å². The smallest absolute Gasteiger partial charge is 0.177 e. The number of hydrogen-bond acceptors (Lipinski definition) is 2. The van der Waals surface area contributed by atoms with Crippen molar-refractivity contribution in [3.63, 3.8) is 0 Å². The molecule has 0 atom stereocenters. The van der Waals surface area contributed by atoms with E-state index in [2.05, 4.69) is 11.1 Å². The predicted octanol–water partition coefficient (Wildman–Crippen LogP) is 1.81. The fourth-order valence-corrected chi connectivity index (χ4v) is 1.31. The summed E-state index contributed by atoms with van der Waals surface area (Å²) >= 11 is 0. The van der Waals surface area contributed by atoms with E-state index in [-0.39, 0.29) is 6.61 Å². The normalized spacial score (nSPS) is 18.8. The first-order valence-electron chi connectivity index (χ1n) is 4.02. The van der Waals surface area contributed by atoms with Gasteiger partial charge in [0.15, 0.2) is 6.61 Å². The minimum atomic E-state index is 0.281. The van der Waals surface area contributed by atoms with E-state index in [0.717, 1.165) is 0 Å². The summed E-state index contributed by atoms with van der Waals surface area (Å²) in [5.41, 5.74) is 0. The third-order valence-corrected chi connectivity index (χ3v) is 1.89. The van der Waals surface area contributed by atoms with Crippen molar-refractivity contribution in [3.05, 3.63) is 0 Å². The van der Waals surface area contributed by atoms with Gasteiger partial charge in [-0.2, -0.15) is 0 Å². The van der Waals surface area contributed by atoms with E-state index in [0.29, 0.717) is 5.92 Å². The van der Waals surface area contributed by atoms with Gasteiger partial charge in [0.05, 0.1) is 0 Å². The second-order valence-electron chi connectivity index (χ2n) is 2.78. The fraction of sp³-hybridized carbons (Fsp3) is 0.667. The summed E-state index contributed by atoms with van der Waals surface area (Å²) in [6, 6.07) is 0. The molecule has 0 aliphatic heterocycles. The van der Waals surface area contributed by atoms with Crippen LogP contribution >= 0.6 is 0 Å². The molecule has 1 aliphatic carbocycles. The Hall–Kier alpha value is -0.970. The Kier molecular flexibility index (Phi) is 3.54. The predicted molar refractivity (Wildman–Crippen MR) is 45.2 cm³/mol. The van der Waals surface area contributed by atoms with Crippen LogP contribution < -0.4 is 0 Å². The van der Waals surface area contributed by atoms with Gasteiger partial charge in [-0.15, -0.1) is 6.42 Å². The molecule has 0 aromatic heterocycles.